The van der Waals surface area contributed by atoms with Crippen LogP contribution in [-0.4, -0.2) is 78.8 Å². The highest BCUT2D eigenvalue weighted by molar-refractivity contribution is 5.95. The summed E-state index contributed by atoms with van der Waals surface area (Å²) in [4.78, 5) is 67.4. The van der Waals surface area contributed by atoms with Crippen molar-refractivity contribution in [2.24, 2.45) is 11.5 Å². The molecular weight excluding hydrogens is 737 g/mol. The van der Waals surface area contributed by atoms with Gasteiger partial charge in [0, 0.05) is 18.8 Å². The summed E-state index contributed by atoms with van der Waals surface area (Å²) in [6.07, 6.45) is 1.89. The van der Waals surface area contributed by atoms with E-state index < -0.39 is 54.0 Å². The number of aliphatic carboxylic acids is 1. The molecule has 13 nitrogen and oxygen atoms in total. The first-order valence-corrected chi connectivity index (χ1v) is 19.9. The molecule has 0 aromatic heterocycles. The van der Waals surface area contributed by atoms with Crippen molar-refractivity contribution in [3.8, 4) is 11.1 Å². The van der Waals surface area contributed by atoms with Gasteiger partial charge in [0.1, 0.15) is 30.8 Å². The van der Waals surface area contributed by atoms with Crippen LogP contribution in [0.25, 0.3) is 11.1 Å². The Labute approximate surface area is 339 Å². The van der Waals surface area contributed by atoms with Gasteiger partial charge >= 0.3 is 12.1 Å². The van der Waals surface area contributed by atoms with Crippen LogP contribution >= 0.6 is 0 Å². The number of fused-ring (bicyclic) bond motifs is 3. The van der Waals surface area contributed by atoms with Crippen LogP contribution in [-0.2, 0) is 36.8 Å². The second-order valence-corrected chi connectivity index (χ2v) is 14.5. The maximum Gasteiger partial charge on any atom is 0.407 e. The third kappa shape index (κ3) is 12.2. The first kappa shape index (κ1) is 43.1. The van der Waals surface area contributed by atoms with Crippen molar-refractivity contribution in [1.29, 1.82) is 0 Å². The predicted octanol–water partition coefficient (Wildman–Crippen LogP) is 4.18. The number of ether oxygens (including phenoxy) is 1. The number of benzene rings is 4. The zero-order valence-electron chi connectivity index (χ0n) is 32.6. The molecule has 0 radical (unpaired) electrons. The first-order valence-electron chi connectivity index (χ1n) is 19.9. The van der Waals surface area contributed by atoms with Crippen LogP contribution in [0.4, 0.5) is 4.79 Å². The number of carboxylic acid groups (broad SMARTS) is 1. The Hall–Kier alpha value is -6.05. The number of carboxylic acids is 1. The summed E-state index contributed by atoms with van der Waals surface area (Å²) < 4.78 is 5.80. The topological polar surface area (TPSA) is 215 Å². The molecule has 0 fully saturated rings. The Balaban J connectivity index is 1.33. The average molecular weight is 791 g/mol. The predicted molar refractivity (Wildman–Crippen MR) is 222 cm³/mol. The number of alkyl carbamates (subject to hydrolysis) is 1. The van der Waals surface area contributed by atoms with Crippen LogP contribution in [0.3, 0.4) is 0 Å². The second-order valence-electron chi connectivity index (χ2n) is 14.5. The number of nitrogens with one attached hydrogen (secondary N) is 4. The number of hydrogen-bond acceptors (Lipinski definition) is 8. The number of carbonyl (C=O) groups is 5. The summed E-state index contributed by atoms with van der Waals surface area (Å²) in [5, 5.41) is 20.7. The maximum atomic E-state index is 14.2. The van der Waals surface area contributed by atoms with E-state index in [0.717, 1.165) is 33.4 Å². The highest BCUT2D eigenvalue weighted by atomic mass is 16.5. The second kappa shape index (κ2) is 22.0. The van der Waals surface area contributed by atoms with Gasteiger partial charge in [-0.1, -0.05) is 109 Å². The molecule has 1 aliphatic rings. The Bertz CT molecular complexity index is 1930. The third-order valence-corrected chi connectivity index (χ3v) is 10.3. The van der Waals surface area contributed by atoms with Crippen LogP contribution in [0, 0.1) is 0 Å². The molecule has 1 aliphatic carbocycles. The van der Waals surface area contributed by atoms with Gasteiger partial charge < -0.3 is 42.6 Å². The lowest BCUT2D eigenvalue weighted by Crippen LogP contribution is -2.58. The van der Waals surface area contributed by atoms with Gasteiger partial charge in [-0.25, -0.2) is 9.59 Å². The van der Waals surface area contributed by atoms with Crippen LogP contribution in [0.5, 0.6) is 0 Å². The lowest BCUT2D eigenvalue weighted by Gasteiger charge is -2.26. The Kier molecular flexibility index (Phi) is 16.4. The summed E-state index contributed by atoms with van der Waals surface area (Å²) in [5.74, 6) is -3.33. The molecular formula is C45H54N6O7. The highest BCUT2D eigenvalue weighted by Crippen LogP contribution is 2.44. The molecule has 58 heavy (non-hydrogen) atoms. The van der Waals surface area contributed by atoms with Crippen molar-refractivity contribution < 1.29 is 33.8 Å². The molecule has 0 heterocycles. The van der Waals surface area contributed by atoms with E-state index in [2.05, 4.69) is 21.3 Å². The molecule has 0 saturated carbocycles. The average Bonchev–Trinajstić information content (AvgIpc) is 3.55. The molecule has 4 aromatic carbocycles. The van der Waals surface area contributed by atoms with Gasteiger partial charge in [-0.05, 0) is 85.0 Å². The fraction of sp³-hybridized carbons (Fsp3) is 0.356. The van der Waals surface area contributed by atoms with Crippen molar-refractivity contribution in [2.75, 3.05) is 19.7 Å². The Morgan fingerprint density at radius 2 is 0.948 bits per heavy atom. The van der Waals surface area contributed by atoms with Gasteiger partial charge in [0.15, 0.2) is 0 Å². The Morgan fingerprint density at radius 3 is 1.45 bits per heavy atom. The highest BCUT2D eigenvalue weighted by Gasteiger charge is 2.33. The van der Waals surface area contributed by atoms with E-state index in [-0.39, 0.29) is 38.2 Å². The minimum Gasteiger partial charge on any atom is -0.480 e. The van der Waals surface area contributed by atoms with E-state index >= 15 is 0 Å². The molecule has 5 rings (SSSR count). The van der Waals surface area contributed by atoms with Crippen LogP contribution in [0.2, 0.25) is 0 Å². The summed E-state index contributed by atoms with van der Waals surface area (Å²) in [6, 6.07) is 29.6. The molecule has 1 unspecified atom stereocenters. The Morgan fingerprint density at radius 1 is 0.534 bits per heavy atom. The van der Waals surface area contributed by atoms with E-state index in [1.165, 1.54) is 0 Å². The molecule has 13 heteroatoms. The summed E-state index contributed by atoms with van der Waals surface area (Å²) >= 11 is 0. The fourth-order valence-electron chi connectivity index (χ4n) is 7.23. The molecule has 306 valence electrons. The van der Waals surface area contributed by atoms with Crippen molar-refractivity contribution in [2.45, 2.75) is 81.5 Å². The largest absolute Gasteiger partial charge is 0.480 e. The molecule has 0 bridgehead atoms. The smallest absolute Gasteiger partial charge is 0.407 e. The van der Waals surface area contributed by atoms with Crippen molar-refractivity contribution in [3.63, 3.8) is 0 Å². The molecule has 4 aromatic rings. The van der Waals surface area contributed by atoms with Crippen molar-refractivity contribution >= 4 is 29.8 Å². The van der Waals surface area contributed by atoms with Gasteiger partial charge in [0.25, 0.3) is 0 Å². The molecule has 9 N–H and O–H groups in total. The zero-order valence-corrected chi connectivity index (χ0v) is 32.6. The lowest BCUT2D eigenvalue weighted by molar-refractivity contribution is -0.142. The summed E-state index contributed by atoms with van der Waals surface area (Å²) in [5.41, 5.74) is 17.1. The van der Waals surface area contributed by atoms with Gasteiger partial charge in [0.05, 0.1) is 0 Å². The number of nitrogens with two attached hydrogens (primary N) is 2. The van der Waals surface area contributed by atoms with E-state index in [1.54, 1.807) is 0 Å². The molecule has 0 spiro atoms. The van der Waals surface area contributed by atoms with E-state index in [9.17, 15) is 29.1 Å². The zero-order chi connectivity index (χ0) is 41.3. The molecule has 0 saturated heterocycles. The number of hydrogen-bond donors (Lipinski definition) is 7. The van der Waals surface area contributed by atoms with Crippen LogP contribution < -0.4 is 32.7 Å². The normalized spacial score (nSPS) is 13.8. The van der Waals surface area contributed by atoms with Crippen LogP contribution in [0.1, 0.15) is 66.7 Å². The molecule has 4 atom stereocenters. The molecule has 4 amide bonds. The lowest BCUT2D eigenvalue weighted by atomic mass is 9.98. The fourth-order valence-corrected chi connectivity index (χ4v) is 7.23. The van der Waals surface area contributed by atoms with Crippen LogP contribution in [0.15, 0.2) is 109 Å². The monoisotopic (exact) mass is 790 g/mol. The number of rotatable bonds is 22. The van der Waals surface area contributed by atoms with Gasteiger partial charge in [-0.15, -0.1) is 0 Å². The minimum absolute atomic E-state index is 0.0436. The standard InChI is InChI=1S/C45H54N6O7/c46-25-13-11-23-37(41(52)49-38(44(55)56)24-12-14-26-47)48-42(53)39(27-30-15-3-1-4-16-30)50-43(54)40(28-31-17-5-2-6-18-31)51-45(57)58-29-36-34-21-9-7-19-32(34)33-20-8-10-22-35(33)36/h1-10,15-22,36-40H,11-14,23-29,46-47H2,(H,48,53)(H,49,52)(H,50,54)(H,51,57)(H,55,56)/t37-,38-,39?,40+/m1/s1. The number of unbranched alkanes of at least 4 members (excludes halogenated alkanes) is 2. The first-order chi connectivity index (χ1) is 28.2. The van der Waals surface area contributed by atoms with E-state index in [1.807, 2.05) is 109 Å². The quantitative estimate of drug-likeness (QED) is 0.0568. The maximum absolute atomic E-state index is 14.2. The summed E-state index contributed by atoms with van der Waals surface area (Å²) in [7, 11) is 0. The van der Waals surface area contributed by atoms with Gasteiger partial charge in [-0.2, -0.15) is 0 Å². The molecule has 0 aliphatic heterocycles. The van der Waals surface area contributed by atoms with E-state index in [4.69, 9.17) is 16.2 Å². The van der Waals surface area contributed by atoms with Gasteiger partial charge in [0.2, 0.25) is 17.7 Å². The third-order valence-electron chi connectivity index (χ3n) is 10.3. The number of carbonyl (C=O) groups excluding carboxylic acids is 4. The van der Waals surface area contributed by atoms with Crippen molar-refractivity contribution in [3.05, 3.63) is 131 Å². The SMILES string of the molecule is NCCCC[C@@H](NC(=O)[C@@H](CCCCN)NC(=O)C(Cc1ccccc1)NC(=O)[C@H](Cc1ccccc1)NC(=O)OCC1c2ccccc2-c2ccccc21)C(=O)O. The number of amides is 4. The van der Waals surface area contributed by atoms with Gasteiger partial charge in [-0.3, -0.25) is 14.4 Å². The minimum atomic E-state index is -1.19. The van der Waals surface area contributed by atoms with E-state index in [0.29, 0.717) is 38.8 Å². The summed E-state index contributed by atoms with van der Waals surface area (Å²) in [6.45, 7) is 0.799. The van der Waals surface area contributed by atoms with Crippen molar-refractivity contribution in [1.82, 2.24) is 21.3 Å².